The minimum atomic E-state index is -0.905. The van der Waals surface area contributed by atoms with Gasteiger partial charge in [-0.05, 0) is 24.3 Å². The first-order valence-electron chi connectivity index (χ1n) is 6.04. The van der Waals surface area contributed by atoms with E-state index in [4.69, 9.17) is 4.74 Å². The number of ether oxygens (including phenoxy) is 1. The Kier molecular flexibility index (Phi) is 4.61. The third-order valence-electron chi connectivity index (χ3n) is 2.57. The van der Waals surface area contributed by atoms with Gasteiger partial charge in [0.15, 0.2) is 6.61 Å². The maximum Gasteiger partial charge on any atom is 0.338 e. The van der Waals surface area contributed by atoms with Crippen LogP contribution in [-0.4, -0.2) is 18.5 Å². The van der Waals surface area contributed by atoms with Gasteiger partial charge in [0.2, 0.25) is 0 Å². The Bertz CT molecular complexity index is 639. The number of para-hydroxylation sites is 1. The highest BCUT2D eigenvalue weighted by atomic mass is 19.1. The Labute approximate surface area is 119 Å². The number of halogens is 2. The molecule has 0 bridgehead atoms. The molecule has 0 saturated heterocycles. The van der Waals surface area contributed by atoms with Crippen molar-refractivity contribution < 1.29 is 23.1 Å². The van der Waals surface area contributed by atoms with Crippen molar-refractivity contribution in [1.82, 2.24) is 0 Å². The number of carbonyl (C=O) groups excluding carboxylic acids is 2. The van der Waals surface area contributed by atoms with Crippen LogP contribution in [0.3, 0.4) is 0 Å². The Balaban J connectivity index is 1.92. The van der Waals surface area contributed by atoms with Gasteiger partial charge in [0.25, 0.3) is 5.91 Å². The van der Waals surface area contributed by atoms with E-state index in [2.05, 4.69) is 0 Å². The summed E-state index contributed by atoms with van der Waals surface area (Å²) in [4.78, 5) is 23.1. The lowest BCUT2D eigenvalue weighted by molar-refractivity contribution is -0.119. The summed E-state index contributed by atoms with van der Waals surface area (Å²) < 4.78 is 31.4. The monoisotopic (exact) mass is 291 g/mol. The Hall–Kier alpha value is -2.76. The summed E-state index contributed by atoms with van der Waals surface area (Å²) in [6, 6.07) is 11.3. The maximum absolute atomic E-state index is 13.3. The predicted octanol–water partition coefficient (Wildman–Crippen LogP) is 2.76. The first-order valence-corrected chi connectivity index (χ1v) is 6.04. The Morgan fingerprint density at radius 2 is 1.57 bits per heavy atom. The van der Waals surface area contributed by atoms with Crippen molar-refractivity contribution >= 4 is 17.6 Å². The van der Waals surface area contributed by atoms with E-state index < -0.39 is 35.8 Å². The second-order valence-corrected chi connectivity index (χ2v) is 4.09. The fourth-order valence-corrected chi connectivity index (χ4v) is 1.58. The van der Waals surface area contributed by atoms with Crippen LogP contribution in [0.1, 0.15) is 10.4 Å². The van der Waals surface area contributed by atoms with E-state index in [1.807, 2.05) is 5.32 Å². The van der Waals surface area contributed by atoms with Gasteiger partial charge in [-0.15, -0.1) is 0 Å². The molecule has 1 amide bonds. The van der Waals surface area contributed by atoms with Crippen molar-refractivity contribution in [2.45, 2.75) is 0 Å². The minimum Gasteiger partial charge on any atom is -0.452 e. The molecule has 0 spiro atoms. The summed E-state index contributed by atoms with van der Waals surface area (Å²) in [5.41, 5.74) is -0.291. The summed E-state index contributed by atoms with van der Waals surface area (Å²) in [7, 11) is 0. The van der Waals surface area contributed by atoms with Gasteiger partial charge in [-0.1, -0.05) is 24.3 Å². The number of hydrogen-bond acceptors (Lipinski definition) is 3. The summed E-state index contributed by atoms with van der Waals surface area (Å²) in [6.07, 6.45) is 0. The van der Waals surface area contributed by atoms with E-state index in [9.17, 15) is 18.4 Å². The molecule has 0 fully saturated rings. The molecule has 6 heteroatoms. The molecule has 0 radical (unpaired) electrons. The molecular weight excluding hydrogens is 280 g/mol. The molecule has 21 heavy (non-hydrogen) atoms. The lowest BCUT2D eigenvalue weighted by Crippen LogP contribution is -2.22. The summed E-state index contributed by atoms with van der Waals surface area (Å²) in [5, 5.41) is 2.02. The highest BCUT2D eigenvalue weighted by Gasteiger charge is 2.14. The third kappa shape index (κ3) is 3.85. The van der Waals surface area contributed by atoms with Gasteiger partial charge in [-0.2, -0.15) is 0 Å². The number of anilines is 1. The van der Waals surface area contributed by atoms with Crippen molar-refractivity contribution in [3.63, 3.8) is 0 Å². The van der Waals surface area contributed by atoms with Gasteiger partial charge in [0.05, 0.1) is 5.56 Å². The van der Waals surface area contributed by atoms with Crippen LogP contribution in [0.25, 0.3) is 0 Å². The minimum absolute atomic E-state index is 0.280. The van der Waals surface area contributed by atoms with E-state index in [1.54, 1.807) is 18.2 Å². The molecule has 0 aromatic heterocycles. The Morgan fingerprint density at radius 3 is 2.19 bits per heavy atom. The van der Waals surface area contributed by atoms with Gasteiger partial charge in [0, 0.05) is 0 Å². The van der Waals surface area contributed by atoms with Crippen molar-refractivity contribution in [2.75, 3.05) is 11.9 Å². The highest BCUT2D eigenvalue weighted by molar-refractivity contribution is 5.95. The molecule has 108 valence electrons. The predicted molar refractivity (Wildman–Crippen MR) is 71.7 cm³/mol. The zero-order chi connectivity index (χ0) is 15.2. The number of benzene rings is 2. The number of rotatable bonds is 4. The van der Waals surface area contributed by atoms with Gasteiger partial charge in [-0.25, -0.2) is 13.6 Å². The van der Waals surface area contributed by atoms with Crippen LogP contribution >= 0.6 is 0 Å². The first-order chi connectivity index (χ1) is 10.1. The average molecular weight is 291 g/mol. The van der Waals surface area contributed by atoms with Crippen LogP contribution in [0.5, 0.6) is 0 Å². The molecular formula is C15H11F2NO3. The Morgan fingerprint density at radius 1 is 0.952 bits per heavy atom. The quantitative estimate of drug-likeness (QED) is 0.881. The lowest BCUT2D eigenvalue weighted by atomic mass is 10.2. The van der Waals surface area contributed by atoms with E-state index in [-0.39, 0.29) is 5.56 Å². The molecule has 0 saturated carbocycles. The lowest BCUT2D eigenvalue weighted by Gasteiger charge is -2.08. The number of carbonyl (C=O) groups is 2. The molecule has 2 aromatic rings. The zero-order valence-electron chi connectivity index (χ0n) is 10.8. The second-order valence-electron chi connectivity index (χ2n) is 4.09. The van der Waals surface area contributed by atoms with E-state index in [0.29, 0.717) is 0 Å². The molecule has 0 aliphatic rings. The normalized spacial score (nSPS) is 10.0. The zero-order valence-corrected chi connectivity index (χ0v) is 10.8. The van der Waals surface area contributed by atoms with Crippen LogP contribution in [0, 0.1) is 11.6 Å². The smallest absolute Gasteiger partial charge is 0.338 e. The van der Waals surface area contributed by atoms with Gasteiger partial charge < -0.3 is 10.1 Å². The summed E-state index contributed by atoms with van der Waals surface area (Å²) in [5.74, 6) is -3.33. The topological polar surface area (TPSA) is 55.4 Å². The van der Waals surface area contributed by atoms with Crippen LogP contribution in [0.15, 0.2) is 48.5 Å². The molecule has 2 rings (SSSR count). The number of nitrogens with one attached hydrogen (secondary N) is 1. The SMILES string of the molecule is O=C(COC(=O)c1ccccc1)Nc1c(F)cccc1F. The number of amides is 1. The van der Waals surface area contributed by atoms with E-state index in [1.165, 1.54) is 18.2 Å². The summed E-state index contributed by atoms with van der Waals surface area (Å²) in [6.45, 7) is -0.637. The van der Waals surface area contributed by atoms with Crippen molar-refractivity contribution in [2.24, 2.45) is 0 Å². The van der Waals surface area contributed by atoms with Crippen LogP contribution < -0.4 is 5.32 Å². The van der Waals surface area contributed by atoms with Crippen LogP contribution in [0.4, 0.5) is 14.5 Å². The van der Waals surface area contributed by atoms with Gasteiger partial charge in [0.1, 0.15) is 17.3 Å². The average Bonchev–Trinajstić information content (AvgIpc) is 2.49. The summed E-state index contributed by atoms with van der Waals surface area (Å²) >= 11 is 0. The standard InChI is InChI=1S/C15H11F2NO3/c16-11-7-4-8-12(17)14(11)18-13(19)9-21-15(20)10-5-2-1-3-6-10/h1-8H,9H2,(H,18,19). The maximum atomic E-state index is 13.3. The van der Waals surface area contributed by atoms with Crippen molar-refractivity contribution in [3.05, 3.63) is 65.7 Å². The molecule has 0 heterocycles. The van der Waals surface area contributed by atoms with Gasteiger partial charge in [-0.3, -0.25) is 4.79 Å². The molecule has 0 aliphatic heterocycles. The highest BCUT2D eigenvalue weighted by Crippen LogP contribution is 2.17. The third-order valence-corrected chi connectivity index (χ3v) is 2.57. The fourth-order valence-electron chi connectivity index (χ4n) is 1.58. The molecule has 0 atom stereocenters. The first kappa shape index (κ1) is 14.6. The van der Waals surface area contributed by atoms with Crippen LogP contribution in [0.2, 0.25) is 0 Å². The van der Waals surface area contributed by atoms with Gasteiger partial charge >= 0.3 is 5.97 Å². The largest absolute Gasteiger partial charge is 0.452 e. The van der Waals surface area contributed by atoms with E-state index in [0.717, 1.165) is 12.1 Å². The molecule has 2 aromatic carbocycles. The molecule has 1 N–H and O–H groups in total. The fraction of sp³-hybridized carbons (Fsp3) is 0.0667. The van der Waals surface area contributed by atoms with E-state index >= 15 is 0 Å². The van der Waals surface area contributed by atoms with Crippen molar-refractivity contribution in [1.29, 1.82) is 0 Å². The van der Waals surface area contributed by atoms with Crippen LogP contribution in [-0.2, 0) is 9.53 Å². The second kappa shape index (κ2) is 6.60. The van der Waals surface area contributed by atoms with Crippen molar-refractivity contribution in [3.8, 4) is 0 Å². The number of hydrogen-bond donors (Lipinski definition) is 1. The molecule has 0 aliphatic carbocycles. The molecule has 4 nitrogen and oxygen atoms in total. The number of esters is 1. The molecule has 0 unspecified atom stereocenters.